The van der Waals surface area contributed by atoms with Gasteiger partial charge < -0.3 is 3.79 Å². The first kappa shape index (κ1) is 7.02. The Morgan fingerprint density at radius 2 is 2.50 bits per heavy atom. The molecular formula is C3H8Al2O. The first-order valence-corrected chi connectivity index (χ1v) is 4.31. The molecule has 0 spiro atoms. The van der Waals surface area contributed by atoms with Gasteiger partial charge in [0.05, 0.1) is 0 Å². The minimum absolute atomic E-state index is 0.603. The van der Waals surface area contributed by atoms with Crippen LogP contribution in [0.2, 0.25) is 5.28 Å². The summed E-state index contributed by atoms with van der Waals surface area (Å²) in [6.07, 6.45) is 0. The molecule has 0 fully saturated rings. The van der Waals surface area contributed by atoms with E-state index in [-0.39, 0.29) is 0 Å². The third-order valence-corrected chi connectivity index (χ3v) is 2.28. The first-order valence-electron chi connectivity index (χ1n) is 2.10. The van der Waals surface area contributed by atoms with Gasteiger partial charge in [0.15, 0.2) is 0 Å². The highest BCUT2D eigenvalue weighted by Gasteiger charge is 1.80. The molecule has 0 rings (SSSR count). The lowest BCUT2D eigenvalue weighted by Gasteiger charge is -1.89. The highest BCUT2D eigenvalue weighted by atomic mass is 27.1. The molecule has 3 heteroatoms. The van der Waals surface area contributed by atoms with Crippen molar-refractivity contribution in [1.29, 1.82) is 0 Å². The van der Waals surface area contributed by atoms with E-state index in [0.29, 0.717) is 15.2 Å². The van der Waals surface area contributed by atoms with E-state index in [4.69, 9.17) is 3.79 Å². The van der Waals surface area contributed by atoms with Gasteiger partial charge in [-0.2, -0.15) is 0 Å². The Morgan fingerprint density at radius 1 is 1.83 bits per heavy atom. The predicted octanol–water partition coefficient (Wildman–Crippen LogP) is -0.0813. The zero-order chi connectivity index (χ0) is 4.83. The molecule has 0 unspecified atom stereocenters. The number of hydrogen-bond acceptors (Lipinski definition) is 1. The second-order valence-electron chi connectivity index (χ2n) is 1.07. The van der Waals surface area contributed by atoms with Gasteiger partial charge in [0.1, 0.15) is 0 Å². The lowest BCUT2D eigenvalue weighted by molar-refractivity contribution is 0.425. The fourth-order valence-electron chi connectivity index (χ4n) is 0.201. The van der Waals surface area contributed by atoms with Gasteiger partial charge in [-0.05, 0) is 5.47 Å². The van der Waals surface area contributed by atoms with Gasteiger partial charge >= 0.3 is 16.6 Å². The third-order valence-electron chi connectivity index (χ3n) is 0.524. The Bertz CT molecular complexity index is 20.8. The summed E-state index contributed by atoms with van der Waals surface area (Å²) in [5.74, 6) is 0. The summed E-state index contributed by atoms with van der Waals surface area (Å²) < 4.78 is 4.85. The van der Waals surface area contributed by atoms with Crippen LogP contribution in [-0.4, -0.2) is 37.3 Å². The average molecular weight is 114 g/mol. The van der Waals surface area contributed by atoms with E-state index in [1.807, 2.05) is 0 Å². The maximum absolute atomic E-state index is 4.85. The molecule has 0 amide bonds. The van der Waals surface area contributed by atoms with Gasteiger partial charge in [-0.1, -0.05) is 6.92 Å². The van der Waals surface area contributed by atoms with Crippen LogP contribution >= 0.6 is 0 Å². The minimum atomic E-state index is 0.603. The monoisotopic (exact) mass is 114 g/mol. The molecule has 2 radical (unpaired) electrons. The van der Waals surface area contributed by atoms with Crippen molar-refractivity contribution in [3.63, 3.8) is 0 Å². The van der Waals surface area contributed by atoms with Crippen molar-refractivity contribution in [3.8, 4) is 0 Å². The molecule has 0 bridgehead atoms. The Hall–Kier alpha value is 1.02. The number of rotatable bonds is 3. The molecule has 0 aromatic heterocycles. The van der Waals surface area contributed by atoms with Crippen molar-refractivity contribution in [2.24, 2.45) is 0 Å². The Kier molecular flexibility index (Phi) is 7.05. The van der Waals surface area contributed by atoms with Crippen molar-refractivity contribution in [2.45, 2.75) is 12.2 Å². The Morgan fingerprint density at radius 3 is 2.67 bits per heavy atom. The van der Waals surface area contributed by atoms with Gasteiger partial charge in [-0.3, -0.25) is 0 Å². The maximum Gasteiger partial charge on any atom is 0.392 e. The quantitative estimate of drug-likeness (QED) is 0.368. The van der Waals surface area contributed by atoms with Crippen molar-refractivity contribution in [1.82, 2.24) is 0 Å². The molecule has 0 heterocycles. The first-order chi connectivity index (χ1) is 2.91. The SMILES string of the molecule is C[CH2][Al][CH2][O][AlH]. The van der Waals surface area contributed by atoms with Crippen molar-refractivity contribution < 1.29 is 3.79 Å². The van der Waals surface area contributed by atoms with Gasteiger partial charge in [0.25, 0.3) is 0 Å². The Balaban J connectivity index is 2.34. The molecule has 0 aliphatic heterocycles. The van der Waals surface area contributed by atoms with E-state index >= 15 is 0 Å². The summed E-state index contributed by atoms with van der Waals surface area (Å²) in [7, 11) is 0. The molecule has 6 heavy (non-hydrogen) atoms. The average Bonchev–Trinajstić information content (AvgIpc) is 1.61. The Labute approximate surface area is 53.5 Å². The van der Waals surface area contributed by atoms with Gasteiger partial charge in [0, 0.05) is 0 Å². The summed E-state index contributed by atoms with van der Waals surface area (Å²) in [6, 6.07) is 0. The zero-order valence-electron chi connectivity index (χ0n) is 4.11. The second-order valence-corrected chi connectivity index (χ2v) is 3.20. The van der Waals surface area contributed by atoms with Crippen LogP contribution in [0.3, 0.4) is 0 Å². The van der Waals surface area contributed by atoms with Crippen LogP contribution in [0.5, 0.6) is 0 Å². The largest absolute Gasteiger partial charge is 0.522 e. The summed E-state index contributed by atoms with van der Waals surface area (Å²) in [5.41, 5.74) is 1.01. The lowest BCUT2D eigenvalue weighted by atomic mass is 11.0. The van der Waals surface area contributed by atoms with Gasteiger partial charge in [-0.15, -0.1) is 5.28 Å². The molecule has 0 N–H and O–H groups in total. The van der Waals surface area contributed by atoms with Crippen molar-refractivity contribution in [2.75, 3.05) is 5.47 Å². The summed E-state index contributed by atoms with van der Waals surface area (Å²) in [6.45, 7) is 2.19. The second kappa shape index (κ2) is 6.02. The van der Waals surface area contributed by atoms with Crippen molar-refractivity contribution >= 4 is 31.8 Å². The van der Waals surface area contributed by atoms with E-state index < -0.39 is 0 Å². The van der Waals surface area contributed by atoms with Crippen LogP contribution in [-0.2, 0) is 3.79 Å². The van der Waals surface area contributed by atoms with Crippen LogP contribution in [0.4, 0.5) is 0 Å². The smallest absolute Gasteiger partial charge is 0.392 e. The summed E-state index contributed by atoms with van der Waals surface area (Å²) in [5, 5.41) is 1.32. The van der Waals surface area contributed by atoms with E-state index in [0.717, 1.165) is 5.47 Å². The molecular weight excluding hydrogens is 106 g/mol. The molecule has 32 valence electrons. The minimum Gasteiger partial charge on any atom is -0.522 e. The molecule has 0 aromatic carbocycles. The molecule has 0 saturated carbocycles. The van der Waals surface area contributed by atoms with Gasteiger partial charge in [0.2, 0.25) is 15.2 Å². The van der Waals surface area contributed by atoms with Crippen LogP contribution in [0.15, 0.2) is 0 Å². The van der Waals surface area contributed by atoms with Crippen LogP contribution in [0.1, 0.15) is 6.92 Å². The van der Waals surface area contributed by atoms with Gasteiger partial charge in [-0.25, -0.2) is 0 Å². The fraction of sp³-hybridized carbons (Fsp3) is 1.00. The highest BCUT2D eigenvalue weighted by Crippen LogP contribution is 1.70. The van der Waals surface area contributed by atoms with E-state index in [1.165, 1.54) is 5.28 Å². The zero-order valence-corrected chi connectivity index (χ0v) is 6.68. The normalized spacial score (nSPS) is 8.17. The maximum atomic E-state index is 4.85. The molecule has 1 nitrogen and oxygen atoms in total. The van der Waals surface area contributed by atoms with Crippen LogP contribution in [0.25, 0.3) is 0 Å². The lowest BCUT2D eigenvalue weighted by Crippen LogP contribution is -1.97. The van der Waals surface area contributed by atoms with E-state index in [2.05, 4.69) is 6.92 Å². The van der Waals surface area contributed by atoms with Crippen molar-refractivity contribution in [3.05, 3.63) is 0 Å². The van der Waals surface area contributed by atoms with E-state index in [1.54, 1.807) is 16.6 Å². The molecule has 0 saturated heterocycles. The molecule has 0 aliphatic rings. The standard InChI is InChI=1S/C2H5.CH2O.2Al.H/c2*1-2;;;/h1H2,2H3;1H2;;;/q;-1;;+1;. The number of hydrogen-bond donors (Lipinski definition) is 0. The van der Waals surface area contributed by atoms with Crippen LogP contribution in [0, 0.1) is 0 Å². The predicted molar refractivity (Wildman–Crippen MR) is 29.3 cm³/mol. The summed E-state index contributed by atoms with van der Waals surface area (Å²) in [4.78, 5) is 0. The van der Waals surface area contributed by atoms with E-state index in [9.17, 15) is 0 Å². The fourth-order valence-corrected chi connectivity index (χ4v) is 1.10. The third kappa shape index (κ3) is 5.02. The van der Waals surface area contributed by atoms with Crippen LogP contribution < -0.4 is 0 Å². The molecule has 0 aromatic rings. The molecule has 0 aliphatic carbocycles. The topological polar surface area (TPSA) is 9.23 Å². The summed E-state index contributed by atoms with van der Waals surface area (Å²) >= 11 is 2.19. The molecule has 0 atom stereocenters. The highest BCUT2D eigenvalue weighted by molar-refractivity contribution is 6.35.